The number of carboxylic acid groups (broad SMARTS) is 2. The summed E-state index contributed by atoms with van der Waals surface area (Å²) >= 11 is 0. The predicted octanol–water partition coefficient (Wildman–Crippen LogP) is 5.11. The second kappa shape index (κ2) is 9.73. The number of aliphatic carboxylic acids is 2. The molecule has 1 unspecified atom stereocenters. The maximum Gasteiger partial charge on any atom is 0.323 e. The van der Waals surface area contributed by atoms with Gasteiger partial charge in [-0.05, 0) is 47.9 Å². The molecule has 7 heteroatoms. The van der Waals surface area contributed by atoms with Gasteiger partial charge in [-0.1, -0.05) is 50.2 Å². The van der Waals surface area contributed by atoms with Gasteiger partial charge in [0.05, 0.1) is 18.7 Å². The number of para-hydroxylation sites is 2. The lowest BCUT2D eigenvalue weighted by Gasteiger charge is -2.35. The van der Waals surface area contributed by atoms with Crippen molar-refractivity contribution in [2.75, 3.05) is 6.61 Å². The Kier molecular flexibility index (Phi) is 6.75. The fourth-order valence-electron chi connectivity index (χ4n) is 4.91. The molecule has 5 rings (SSSR count). The number of rotatable bonds is 6. The van der Waals surface area contributed by atoms with E-state index in [-0.39, 0.29) is 13.0 Å². The zero-order valence-corrected chi connectivity index (χ0v) is 19.5. The minimum atomic E-state index is -0.820. The summed E-state index contributed by atoms with van der Waals surface area (Å²) in [5, 5.41) is 20.2. The smallest absolute Gasteiger partial charge is 0.323 e. The summed E-state index contributed by atoms with van der Waals surface area (Å²) in [7, 11) is 0. The quantitative estimate of drug-likeness (QED) is 0.369. The molecule has 0 fully saturated rings. The second-order valence-corrected chi connectivity index (χ2v) is 8.58. The number of carbonyl (C=O) groups is 2. The van der Waals surface area contributed by atoms with Crippen molar-refractivity contribution < 1.29 is 24.5 Å². The number of aromatic nitrogens is 2. The number of nitrogens with one attached hydrogen (secondary N) is 1. The summed E-state index contributed by atoms with van der Waals surface area (Å²) in [6.07, 6.45) is 4.24. The van der Waals surface area contributed by atoms with Crippen LogP contribution in [0.3, 0.4) is 0 Å². The van der Waals surface area contributed by atoms with E-state index in [1.54, 1.807) is 10.8 Å². The van der Waals surface area contributed by atoms with Gasteiger partial charge in [0.2, 0.25) is 0 Å². The normalized spacial score (nSPS) is 17.2. The molecule has 1 aliphatic heterocycles. The van der Waals surface area contributed by atoms with Gasteiger partial charge < -0.3 is 24.5 Å². The maximum atomic E-state index is 11.3. The molecule has 2 aromatic heterocycles. The number of nitrogens with zero attached hydrogens (tertiary/aromatic N) is 1. The van der Waals surface area contributed by atoms with E-state index in [1.807, 2.05) is 37.3 Å². The molecule has 3 heterocycles. The van der Waals surface area contributed by atoms with Crippen molar-refractivity contribution in [2.24, 2.45) is 0 Å². The van der Waals surface area contributed by atoms with E-state index < -0.39 is 17.5 Å². The lowest BCUT2D eigenvalue weighted by Crippen LogP contribution is -2.37. The van der Waals surface area contributed by atoms with E-state index in [1.165, 1.54) is 16.5 Å². The third kappa shape index (κ3) is 4.43. The Morgan fingerprint density at radius 2 is 1.85 bits per heavy atom. The van der Waals surface area contributed by atoms with Gasteiger partial charge in [-0.2, -0.15) is 0 Å². The number of hydrogen-bond acceptors (Lipinski definition) is 3. The van der Waals surface area contributed by atoms with Crippen LogP contribution in [0.4, 0.5) is 0 Å². The largest absolute Gasteiger partial charge is 0.481 e. The van der Waals surface area contributed by atoms with E-state index in [9.17, 15) is 14.7 Å². The van der Waals surface area contributed by atoms with E-state index in [4.69, 9.17) is 9.84 Å². The van der Waals surface area contributed by atoms with Gasteiger partial charge in [-0.3, -0.25) is 9.59 Å². The lowest BCUT2D eigenvalue weighted by atomic mass is 9.86. The van der Waals surface area contributed by atoms with Crippen LogP contribution in [0.1, 0.15) is 43.5 Å². The minimum Gasteiger partial charge on any atom is -0.481 e. The first-order valence-electron chi connectivity index (χ1n) is 11.6. The second-order valence-electron chi connectivity index (χ2n) is 8.58. The highest BCUT2D eigenvalue weighted by Gasteiger charge is 2.40. The SMILES string of the molecule is CCc1cccc2c3c([nH]c12)C(CC)(CC(=O)O)OCC3.O=C(O)Cn1ccc2ccccc21. The number of hydrogen-bond donors (Lipinski definition) is 3. The first-order chi connectivity index (χ1) is 16.4. The van der Waals surface area contributed by atoms with Crippen LogP contribution in [0.2, 0.25) is 0 Å². The number of fused-ring (bicyclic) bond motifs is 4. The maximum absolute atomic E-state index is 11.3. The summed E-state index contributed by atoms with van der Waals surface area (Å²) in [6.45, 7) is 4.73. The van der Waals surface area contributed by atoms with Gasteiger partial charge in [-0.25, -0.2) is 0 Å². The zero-order chi connectivity index (χ0) is 24.3. The molecular weight excluding hydrogens is 432 g/mol. The number of benzene rings is 2. The molecule has 2 aromatic carbocycles. The molecule has 0 amide bonds. The van der Waals surface area contributed by atoms with Crippen molar-refractivity contribution in [3.63, 3.8) is 0 Å². The number of carboxylic acids is 2. The summed E-state index contributed by atoms with van der Waals surface area (Å²) in [4.78, 5) is 25.3. The Bertz CT molecular complexity index is 1340. The van der Waals surface area contributed by atoms with Crippen molar-refractivity contribution in [2.45, 2.75) is 51.7 Å². The number of H-pyrrole nitrogens is 1. The van der Waals surface area contributed by atoms with Crippen LogP contribution in [0.5, 0.6) is 0 Å². The summed E-state index contributed by atoms with van der Waals surface area (Å²) in [5.41, 5.74) is 4.85. The molecule has 1 atom stereocenters. The molecular formula is C27H30N2O5. The van der Waals surface area contributed by atoms with Crippen molar-refractivity contribution in [1.29, 1.82) is 0 Å². The lowest BCUT2D eigenvalue weighted by molar-refractivity contribution is -0.148. The highest BCUT2D eigenvalue weighted by molar-refractivity contribution is 5.88. The van der Waals surface area contributed by atoms with Gasteiger partial charge >= 0.3 is 11.9 Å². The van der Waals surface area contributed by atoms with E-state index in [2.05, 4.69) is 30.1 Å². The third-order valence-corrected chi connectivity index (χ3v) is 6.59. The first-order valence-corrected chi connectivity index (χ1v) is 11.6. The molecule has 34 heavy (non-hydrogen) atoms. The topological polar surface area (TPSA) is 105 Å². The van der Waals surface area contributed by atoms with Crippen LogP contribution < -0.4 is 0 Å². The standard InChI is InChI=1S/C17H21NO3.C10H9NO2/c1-3-11-6-5-7-12-13-8-9-21-17(4-2,10-14(19)20)16(13)18-15(11)12;12-10(13)7-11-6-5-8-3-1-2-4-9(8)11/h5-7,18H,3-4,8-10H2,1-2H3,(H,19,20);1-6H,7H2,(H,12,13). The zero-order valence-electron chi connectivity index (χ0n) is 19.5. The van der Waals surface area contributed by atoms with Crippen molar-refractivity contribution >= 4 is 33.7 Å². The molecule has 178 valence electrons. The number of ether oxygens (including phenoxy) is 1. The highest BCUT2D eigenvalue weighted by Crippen LogP contribution is 2.42. The van der Waals surface area contributed by atoms with Crippen LogP contribution >= 0.6 is 0 Å². The summed E-state index contributed by atoms with van der Waals surface area (Å²) < 4.78 is 7.66. The summed E-state index contributed by atoms with van der Waals surface area (Å²) in [5.74, 6) is -1.64. The van der Waals surface area contributed by atoms with Gasteiger partial charge in [0, 0.05) is 22.6 Å². The fraction of sp³-hybridized carbons (Fsp3) is 0.333. The van der Waals surface area contributed by atoms with E-state index >= 15 is 0 Å². The highest BCUT2D eigenvalue weighted by atomic mass is 16.5. The Labute approximate surface area is 198 Å². The van der Waals surface area contributed by atoms with E-state index in [0.29, 0.717) is 13.0 Å². The van der Waals surface area contributed by atoms with E-state index in [0.717, 1.165) is 35.0 Å². The fourth-order valence-corrected chi connectivity index (χ4v) is 4.91. The van der Waals surface area contributed by atoms with Crippen LogP contribution in [0.25, 0.3) is 21.8 Å². The van der Waals surface area contributed by atoms with Crippen LogP contribution in [-0.2, 0) is 39.3 Å². The average Bonchev–Trinajstić information content (AvgIpc) is 3.41. The molecule has 0 aliphatic carbocycles. The molecule has 4 aromatic rings. The Morgan fingerprint density at radius 1 is 1.06 bits per heavy atom. The molecule has 0 radical (unpaired) electrons. The van der Waals surface area contributed by atoms with Crippen LogP contribution in [0.15, 0.2) is 54.7 Å². The Hall–Kier alpha value is -3.58. The minimum absolute atomic E-state index is 0.00474. The van der Waals surface area contributed by atoms with Crippen molar-refractivity contribution in [3.8, 4) is 0 Å². The van der Waals surface area contributed by atoms with Crippen LogP contribution in [0, 0.1) is 0 Å². The number of aromatic amines is 1. The monoisotopic (exact) mass is 462 g/mol. The molecule has 0 saturated heterocycles. The molecule has 3 N–H and O–H groups in total. The molecule has 1 aliphatic rings. The Morgan fingerprint density at radius 3 is 2.56 bits per heavy atom. The first kappa shape index (κ1) is 23.6. The molecule has 0 spiro atoms. The molecule has 0 saturated carbocycles. The molecule has 0 bridgehead atoms. The number of aryl methyl sites for hydroxylation is 1. The van der Waals surface area contributed by atoms with Gasteiger partial charge in [-0.15, -0.1) is 0 Å². The average molecular weight is 463 g/mol. The van der Waals surface area contributed by atoms with Crippen LogP contribution in [-0.4, -0.2) is 38.3 Å². The molecule has 7 nitrogen and oxygen atoms in total. The van der Waals surface area contributed by atoms with Crippen molar-refractivity contribution in [3.05, 3.63) is 71.5 Å². The Balaban J connectivity index is 0.000000180. The summed E-state index contributed by atoms with van der Waals surface area (Å²) in [6, 6.07) is 16.0. The predicted molar refractivity (Wildman–Crippen MR) is 131 cm³/mol. The van der Waals surface area contributed by atoms with Gasteiger partial charge in [0.1, 0.15) is 12.1 Å². The van der Waals surface area contributed by atoms with Gasteiger partial charge in [0.15, 0.2) is 0 Å². The van der Waals surface area contributed by atoms with Gasteiger partial charge in [0.25, 0.3) is 0 Å². The van der Waals surface area contributed by atoms with Crippen molar-refractivity contribution in [1.82, 2.24) is 9.55 Å². The third-order valence-electron chi connectivity index (χ3n) is 6.59.